The zero-order valence-electron chi connectivity index (χ0n) is 17.8. The fraction of sp³-hybridized carbons (Fsp3) is 0.261. The highest BCUT2D eigenvalue weighted by molar-refractivity contribution is 7.99. The highest BCUT2D eigenvalue weighted by Crippen LogP contribution is 2.37. The average Bonchev–Trinajstić information content (AvgIpc) is 3.14. The predicted molar refractivity (Wildman–Crippen MR) is 122 cm³/mol. The zero-order valence-corrected chi connectivity index (χ0v) is 18.6. The van der Waals surface area contributed by atoms with Gasteiger partial charge in [-0.05, 0) is 42.9 Å². The number of primary amides is 1. The first kappa shape index (κ1) is 21.0. The van der Waals surface area contributed by atoms with Gasteiger partial charge in [0.25, 0.3) is 0 Å². The minimum atomic E-state index is -0.494. The van der Waals surface area contributed by atoms with Crippen LogP contribution in [0.2, 0.25) is 0 Å². The van der Waals surface area contributed by atoms with Gasteiger partial charge in [0, 0.05) is 5.70 Å². The fourth-order valence-corrected chi connectivity index (χ4v) is 4.13. The summed E-state index contributed by atoms with van der Waals surface area (Å²) in [7, 11) is 0. The van der Waals surface area contributed by atoms with Crippen LogP contribution >= 0.6 is 11.8 Å². The molecule has 7 nitrogen and oxygen atoms in total. The topological polar surface area (TPSA) is 95.1 Å². The Hall–Kier alpha value is -3.26. The maximum absolute atomic E-state index is 12.3. The molecule has 1 amide bonds. The van der Waals surface area contributed by atoms with Crippen molar-refractivity contribution in [1.29, 1.82) is 0 Å². The van der Waals surface area contributed by atoms with Crippen molar-refractivity contribution < 1.29 is 9.53 Å². The predicted octanol–water partition coefficient (Wildman–Crippen LogP) is 4.05. The summed E-state index contributed by atoms with van der Waals surface area (Å²) in [4.78, 5) is 16.9. The van der Waals surface area contributed by atoms with Crippen LogP contribution < -0.4 is 15.8 Å². The smallest absolute Gasteiger partial charge is 0.248 e. The molecule has 2 heterocycles. The first-order chi connectivity index (χ1) is 15.0. The maximum atomic E-state index is 12.3. The fourth-order valence-electron chi connectivity index (χ4n) is 3.57. The molecule has 2 aromatic carbocycles. The SMILES string of the molecule is CCSc1nc2n(n1)C(c1cccc(OCc3ccc(C)cc3)c1)C(C(N)=O)=C(C)N2. The van der Waals surface area contributed by atoms with Crippen LogP contribution in [-0.2, 0) is 11.4 Å². The van der Waals surface area contributed by atoms with E-state index in [0.717, 1.165) is 16.9 Å². The molecule has 0 saturated carbocycles. The van der Waals surface area contributed by atoms with Gasteiger partial charge >= 0.3 is 0 Å². The maximum Gasteiger partial charge on any atom is 0.248 e. The Morgan fingerprint density at radius 1 is 1.23 bits per heavy atom. The molecular weight excluding hydrogens is 410 g/mol. The van der Waals surface area contributed by atoms with Gasteiger partial charge in [-0.25, -0.2) is 4.68 Å². The monoisotopic (exact) mass is 435 g/mol. The molecule has 0 radical (unpaired) electrons. The Morgan fingerprint density at radius 2 is 2.00 bits per heavy atom. The summed E-state index contributed by atoms with van der Waals surface area (Å²) in [6.45, 7) is 6.39. The minimum Gasteiger partial charge on any atom is -0.489 e. The molecule has 3 aromatic rings. The number of aryl methyl sites for hydroxylation is 1. The van der Waals surface area contributed by atoms with Gasteiger partial charge < -0.3 is 15.8 Å². The highest BCUT2D eigenvalue weighted by Gasteiger charge is 2.33. The molecule has 1 aliphatic rings. The third kappa shape index (κ3) is 4.44. The molecule has 0 bridgehead atoms. The number of nitrogens with one attached hydrogen (secondary N) is 1. The number of carbonyl (C=O) groups is 1. The number of nitrogens with two attached hydrogens (primary N) is 1. The quantitative estimate of drug-likeness (QED) is 0.544. The number of rotatable bonds is 7. The largest absolute Gasteiger partial charge is 0.489 e. The summed E-state index contributed by atoms with van der Waals surface area (Å²) in [5, 5.41) is 8.43. The van der Waals surface area contributed by atoms with Gasteiger partial charge in [-0.15, -0.1) is 5.10 Å². The molecule has 1 atom stereocenters. The van der Waals surface area contributed by atoms with Crippen molar-refractivity contribution in [3.63, 3.8) is 0 Å². The molecule has 1 aromatic heterocycles. The van der Waals surface area contributed by atoms with Crippen LogP contribution in [0.25, 0.3) is 0 Å². The Balaban J connectivity index is 1.67. The van der Waals surface area contributed by atoms with E-state index in [2.05, 4.69) is 46.6 Å². The van der Waals surface area contributed by atoms with Crippen LogP contribution in [0.5, 0.6) is 5.75 Å². The molecule has 1 aliphatic heterocycles. The number of hydrogen-bond acceptors (Lipinski definition) is 6. The lowest BCUT2D eigenvalue weighted by Gasteiger charge is -2.27. The second-order valence-corrected chi connectivity index (χ2v) is 8.60. The summed E-state index contributed by atoms with van der Waals surface area (Å²) in [5.74, 6) is 1.66. The molecule has 31 heavy (non-hydrogen) atoms. The van der Waals surface area contributed by atoms with Crippen LogP contribution in [0.1, 0.15) is 36.6 Å². The number of amides is 1. The van der Waals surface area contributed by atoms with Gasteiger partial charge in [-0.2, -0.15) is 4.98 Å². The lowest BCUT2D eigenvalue weighted by Crippen LogP contribution is -2.31. The van der Waals surface area contributed by atoms with E-state index in [1.165, 1.54) is 5.56 Å². The Bertz CT molecular complexity index is 1140. The van der Waals surface area contributed by atoms with E-state index in [9.17, 15) is 4.79 Å². The molecule has 3 N–H and O–H groups in total. The van der Waals surface area contributed by atoms with E-state index in [-0.39, 0.29) is 0 Å². The number of anilines is 1. The molecule has 1 unspecified atom stereocenters. The number of ether oxygens (including phenoxy) is 1. The Morgan fingerprint density at radius 3 is 2.71 bits per heavy atom. The zero-order chi connectivity index (χ0) is 22.0. The lowest BCUT2D eigenvalue weighted by molar-refractivity contribution is -0.115. The number of carbonyl (C=O) groups excluding carboxylic acids is 1. The summed E-state index contributed by atoms with van der Waals surface area (Å²) in [6.07, 6.45) is 0. The third-order valence-corrected chi connectivity index (χ3v) is 5.79. The lowest BCUT2D eigenvalue weighted by atomic mass is 9.95. The molecule has 4 rings (SSSR count). The molecule has 160 valence electrons. The van der Waals surface area contributed by atoms with Gasteiger partial charge in [0.2, 0.25) is 17.0 Å². The second-order valence-electron chi connectivity index (χ2n) is 7.37. The van der Waals surface area contributed by atoms with E-state index < -0.39 is 11.9 Å². The first-order valence-electron chi connectivity index (χ1n) is 10.1. The van der Waals surface area contributed by atoms with E-state index in [4.69, 9.17) is 10.5 Å². The van der Waals surface area contributed by atoms with Crippen molar-refractivity contribution in [2.75, 3.05) is 11.1 Å². The number of aromatic nitrogens is 3. The Kier molecular flexibility index (Phi) is 5.99. The van der Waals surface area contributed by atoms with Crippen molar-refractivity contribution >= 4 is 23.6 Å². The summed E-state index contributed by atoms with van der Waals surface area (Å²) >= 11 is 1.54. The summed E-state index contributed by atoms with van der Waals surface area (Å²) in [5.41, 5.74) is 10.1. The number of nitrogens with zero attached hydrogens (tertiary/aromatic N) is 3. The number of fused-ring (bicyclic) bond motifs is 1. The van der Waals surface area contributed by atoms with Crippen molar-refractivity contribution in [3.8, 4) is 5.75 Å². The molecule has 0 aliphatic carbocycles. The van der Waals surface area contributed by atoms with E-state index in [0.29, 0.717) is 34.7 Å². The molecule has 8 heteroatoms. The van der Waals surface area contributed by atoms with Gasteiger partial charge in [0.05, 0.1) is 5.57 Å². The second kappa shape index (κ2) is 8.85. The summed E-state index contributed by atoms with van der Waals surface area (Å²) < 4.78 is 7.75. The van der Waals surface area contributed by atoms with Gasteiger partial charge in [-0.3, -0.25) is 4.79 Å². The standard InChI is InChI=1S/C23H25N5O2S/c1-4-31-23-26-22-25-15(3)19(21(24)29)20(28(22)27-23)17-6-5-7-18(12-17)30-13-16-10-8-14(2)9-11-16/h5-12,20H,4,13H2,1-3H3,(H2,24,29)(H,25,26,27). The van der Waals surface area contributed by atoms with Gasteiger partial charge in [-0.1, -0.05) is 60.6 Å². The first-order valence-corrected chi connectivity index (χ1v) is 11.1. The van der Waals surface area contributed by atoms with Crippen molar-refractivity contribution in [2.24, 2.45) is 5.73 Å². The highest BCUT2D eigenvalue weighted by atomic mass is 32.2. The Labute approximate surface area is 185 Å². The number of benzene rings is 2. The minimum absolute atomic E-state index is 0.458. The molecule has 0 spiro atoms. The van der Waals surface area contributed by atoms with E-state index in [1.54, 1.807) is 16.4 Å². The molecule has 0 saturated heterocycles. The molecular formula is C23H25N5O2S. The van der Waals surface area contributed by atoms with Gasteiger partial charge in [0.15, 0.2) is 0 Å². The number of hydrogen-bond donors (Lipinski definition) is 2. The van der Waals surface area contributed by atoms with Crippen molar-refractivity contribution in [3.05, 3.63) is 76.5 Å². The van der Waals surface area contributed by atoms with Crippen LogP contribution in [0.3, 0.4) is 0 Å². The van der Waals surface area contributed by atoms with Crippen LogP contribution in [-0.4, -0.2) is 26.4 Å². The molecule has 0 fully saturated rings. The summed E-state index contributed by atoms with van der Waals surface area (Å²) in [6, 6.07) is 15.4. The van der Waals surface area contributed by atoms with E-state index >= 15 is 0 Å². The van der Waals surface area contributed by atoms with E-state index in [1.807, 2.05) is 38.1 Å². The average molecular weight is 436 g/mol. The van der Waals surface area contributed by atoms with Crippen molar-refractivity contribution in [1.82, 2.24) is 14.8 Å². The van der Waals surface area contributed by atoms with Crippen LogP contribution in [0.15, 0.2) is 65.0 Å². The van der Waals surface area contributed by atoms with Crippen molar-refractivity contribution in [2.45, 2.75) is 38.6 Å². The normalized spacial score (nSPS) is 15.4. The van der Waals surface area contributed by atoms with Crippen LogP contribution in [0, 0.1) is 6.92 Å². The van der Waals surface area contributed by atoms with Gasteiger partial charge in [0.1, 0.15) is 18.4 Å². The number of allylic oxidation sites excluding steroid dienone is 1. The number of thioether (sulfide) groups is 1. The third-order valence-electron chi connectivity index (χ3n) is 5.07. The van der Waals surface area contributed by atoms with Crippen LogP contribution in [0.4, 0.5) is 5.95 Å².